The van der Waals surface area contributed by atoms with Crippen LogP contribution in [0.15, 0.2) is 0 Å². The predicted molar refractivity (Wildman–Crippen MR) is 67.8 cm³/mol. The molecule has 4 saturated carbocycles. The van der Waals surface area contributed by atoms with Crippen molar-refractivity contribution in [2.24, 2.45) is 23.2 Å². The minimum atomic E-state index is 0.514. The summed E-state index contributed by atoms with van der Waals surface area (Å²) in [4.78, 5) is 0. The van der Waals surface area contributed by atoms with Gasteiger partial charge in [-0.2, -0.15) is 0 Å². The maximum Gasteiger partial charge on any atom is 0.0705 e. The van der Waals surface area contributed by atoms with Gasteiger partial charge in [-0.05, 0) is 68.1 Å². The molecule has 0 spiro atoms. The molecule has 5 aliphatic rings. The molecule has 5 fully saturated rings. The highest BCUT2D eigenvalue weighted by atomic mass is 16.5. The summed E-state index contributed by atoms with van der Waals surface area (Å²) in [6, 6.07) is 0. The molecule has 0 amide bonds. The summed E-state index contributed by atoms with van der Waals surface area (Å²) < 4.78 is 5.95. The lowest BCUT2D eigenvalue weighted by Crippen LogP contribution is -2.49. The van der Waals surface area contributed by atoms with Crippen molar-refractivity contribution in [3.8, 4) is 0 Å². The maximum absolute atomic E-state index is 5.95. The smallest absolute Gasteiger partial charge is 0.0705 e. The average molecular weight is 235 g/mol. The largest absolute Gasteiger partial charge is 0.376 e. The van der Waals surface area contributed by atoms with Gasteiger partial charge in [0.15, 0.2) is 0 Å². The van der Waals surface area contributed by atoms with E-state index in [1.807, 2.05) is 0 Å². The van der Waals surface area contributed by atoms with Crippen molar-refractivity contribution in [1.29, 1.82) is 0 Å². The Kier molecular flexibility index (Phi) is 2.52. The zero-order valence-electron chi connectivity index (χ0n) is 10.8. The molecule has 2 nitrogen and oxygen atoms in total. The van der Waals surface area contributed by atoms with Crippen molar-refractivity contribution in [3.63, 3.8) is 0 Å². The van der Waals surface area contributed by atoms with Crippen molar-refractivity contribution in [3.05, 3.63) is 0 Å². The van der Waals surface area contributed by atoms with Crippen LogP contribution in [0.4, 0.5) is 0 Å². The molecule has 1 saturated heterocycles. The standard InChI is InChI=1S/C15H25NO/c1-2-17-14(10-16-1)9-15-6-11-3-12(7-15)5-13(4-11)8-15/h11-14,16H,1-10H2. The van der Waals surface area contributed by atoms with Crippen LogP contribution in [0.5, 0.6) is 0 Å². The maximum atomic E-state index is 5.95. The van der Waals surface area contributed by atoms with E-state index in [-0.39, 0.29) is 0 Å². The Morgan fingerprint density at radius 2 is 1.65 bits per heavy atom. The minimum absolute atomic E-state index is 0.514. The molecule has 2 heteroatoms. The second-order valence-corrected chi connectivity index (χ2v) is 7.32. The third kappa shape index (κ3) is 1.94. The van der Waals surface area contributed by atoms with Gasteiger partial charge < -0.3 is 10.1 Å². The van der Waals surface area contributed by atoms with Gasteiger partial charge in [-0.1, -0.05) is 0 Å². The van der Waals surface area contributed by atoms with Crippen LogP contribution in [0.25, 0.3) is 0 Å². The molecule has 0 aromatic carbocycles. The van der Waals surface area contributed by atoms with E-state index in [0.717, 1.165) is 37.5 Å². The highest BCUT2D eigenvalue weighted by molar-refractivity contribution is 5.02. The fourth-order valence-corrected chi connectivity index (χ4v) is 5.77. The summed E-state index contributed by atoms with van der Waals surface area (Å²) in [6.07, 6.45) is 11.1. The third-order valence-corrected chi connectivity index (χ3v) is 5.83. The van der Waals surface area contributed by atoms with Crippen molar-refractivity contribution in [2.45, 2.75) is 51.0 Å². The molecule has 0 radical (unpaired) electrons. The van der Waals surface area contributed by atoms with Crippen LogP contribution in [0.1, 0.15) is 44.9 Å². The lowest BCUT2D eigenvalue weighted by molar-refractivity contribution is -0.0913. The zero-order chi connectivity index (χ0) is 11.3. The van der Waals surface area contributed by atoms with Gasteiger partial charge in [0.05, 0.1) is 12.7 Å². The van der Waals surface area contributed by atoms with Crippen molar-refractivity contribution >= 4 is 0 Å². The second-order valence-electron chi connectivity index (χ2n) is 7.32. The van der Waals surface area contributed by atoms with E-state index in [0.29, 0.717) is 11.5 Å². The summed E-state index contributed by atoms with van der Waals surface area (Å²) in [7, 11) is 0. The highest BCUT2D eigenvalue weighted by Gasteiger charge is 2.51. The van der Waals surface area contributed by atoms with Crippen molar-refractivity contribution in [1.82, 2.24) is 5.32 Å². The minimum Gasteiger partial charge on any atom is -0.376 e. The van der Waals surface area contributed by atoms with Crippen molar-refractivity contribution < 1.29 is 4.74 Å². The van der Waals surface area contributed by atoms with E-state index < -0.39 is 0 Å². The van der Waals surface area contributed by atoms with E-state index in [4.69, 9.17) is 4.74 Å². The van der Waals surface area contributed by atoms with Gasteiger partial charge in [-0.3, -0.25) is 0 Å². The molecule has 4 aliphatic carbocycles. The number of morpholine rings is 1. The molecule has 1 aliphatic heterocycles. The number of ether oxygens (including phenoxy) is 1. The van der Waals surface area contributed by atoms with Crippen LogP contribution in [0, 0.1) is 23.2 Å². The Balaban J connectivity index is 1.48. The van der Waals surface area contributed by atoms with E-state index >= 15 is 0 Å². The van der Waals surface area contributed by atoms with Gasteiger partial charge in [0, 0.05) is 13.1 Å². The molecule has 17 heavy (non-hydrogen) atoms. The molecule has 0 aromatic heterocycles. The van der Waals surface area contributed by atoms with Crippen LogP contribution >= 0.6 is 0 Å². The Labute approximate surface area is 104 Å². The molecular formula is C15H25NO. The van der Waals surface area contributed by atoms with Crippen molar-refractivity contribution in [2.75, 3.05) is 19.7 Å². The normalized spacial score (nSPS) is 52.9. The van der Waals surface area contributed by atoms with Gasteiger partial charge >= 0.3 is 0 Å². The van der Waals surface area contributed by atoms with Crippen LogP contribution in [0.3, 0.4) is 0 Å². The number of hydrogen-bond donors (Lipinski definition) is 1. The van der Waals surface area contributed by atoms with Gasteiger partial charge in [0.2, 0.25) is 0 Å². The first kappa shape index (κ1) is 10.8. The first-order valence-corrected chi connectivity index (χ1v) is 7.64. The lowest BCUT2D eigenvalue weighted by atomic mass is 9.48. The van der Waals surface area contributed by atoms with E-state index in [9.17, 15) is 0 Å². The van der Waals surface area contributed by atoms with Gasteiger partial charge in [0.25, 0.3) is 0 Å². The summed E-state index contributed by atoms with van der Waals surface area (Å²) in [5.74, 6) is 3.24. The number of hydrogen-bond acceptors (Lipinski definition) is 2. The Hall–Kier alpha value is -0.0800. The molecular weight excluding hydrogens is 210 g/mol. The summed E-state index contributed by atoms with van der Waals surface area (Å²) in [5.41, 5.74) is 0.693. The highest BCUT2D eigenvalue weighted by Crippen LogP contribution is 2.61. The number of rotatable bonds is 2. The van der Waals surface area contributed by atoms with Crippen LogP contribution < -0.4 is 5.32 Å². The Morgan fingerprint density at radius 1 is 1.00 bits per heavy atom. The van der Waals surface area contributed by atoms with Crippen LogP contribution in [0.2, 0.25) is 0 Å². The summed E-state index contributed by atoms with van der Waals surface area (Å²) in [6.45, 7) is 3.08. The fraction of sp³-hybridized carbons (Fsp3) is 1.00. The molecule has 1 heterocycles. The molecule has 0 aromatic rings. The summed E-state index contributed by atoms with van der Waals surface area (Å²) in [5, 5.41) is 3.49. The van der Waals surface area contributed by atoms with Gasteiger partial charge in [-0.25, -0.2) is 0 Å². The molecule has 5 rings (SSSR count). The Bertz CT molecular complexity index is 260. The molecule has 4 bridgehead atoms. The third-order valence-electron chi connectivity index (χ3n) is 5.83. The topological polar surface area (TPSA) is 21.3 Å². The average Bonchev–Trinajstić information content (AvgIpc) is 2.27. The first-order valence-electron chi connectivity index (χ1n) is 7.64. The van der Waals surface area contributed by atoms with Gasteiger partial charge in [-0.15, -0.1) is 0 Å². The molecule has 96 valence electrons. The second kappa shape index (κ2) is 3.96. The van der Waals surface area contributed by atoms with Crippen LogP contribution in [-0.4, -0.2) is 25.8 Å². The number of nitrogens with one attached hydrogen (secondary N) is 1. The van der Waals surface area contributed by atoms with E-state index in [1.54, 1.807) is 19.3 Å². The zero-order valence-corrected chi connectivity index (χ0v) is 10.8. The van der Waals surface area contributed by atoms with Gasteiger partial charge in [0.1, 0.15) is 0 Å². The van der Waals surface area contributed by atoms with E-state index in [2.05, 4.69) is 5.32 Å². The lowest BCUT2D eigenvalue weighted by Gasteiger charge is -2.57. The predicted octanol–water partition coefficient (Wildman–Crippen LogP) is 2.58. The summed E-state index contributed by atoms with van der Waals surface area (Å²) >= 11 is 0. The monoisotopic (exact) mass is 235 g/mol. The quantitative estimate of drug-likeness (QED) is 0.794. The molecule has 1 unspecified atom stereocenters. The fourth-order valence-electron chi connectivity index (χ4n) is 5.77. The van der Waals surface area contributed by atoms with Crippen LogP contribution in [-0.2, 0) is 4.74 Å². The molecule has 1 atom stereocenters. The first-order chi connectivity index (χ1) is 8.31. The SMILES string of the molecule is C1COC(CC23CC4CC(CC(C4)C2)C3)CN1. The van der Waals surface area contributed by atoms with E-state index in [1.165, 1.54) is 25.7 Å². The Morgan fingerprint density at radius 3 is 2.18 bits per heavy atom. The molecule has 1 N–H and O–H groups in total.